The molecule has 0 aromatic heterocycles. The largest absolute Gasteiger partial charge is 0.381 e. The molecular weight excluding hydrogens is 152 g/mol. The first kappa shape index (κ1) is 9.72. The average Bonchev–Trinajstić information content (AvgIpc) is 2.55. The monoisotopic (exact) mass is 170 g/mol. The average molecular weight is 170 g/mol. The zero-order chi connectivity index (χ0) is 8.97. The van der Waals surface area contributed by atoms with Gasteiger partial charge in [0.2, 0.25) is 0 Å². The summed E-state index contributed by atoms with van der Waals surface area (Å²) in [5.41, 5.74) is 0. The number of hydrogen-bond acceptors (Lipinski definition) is 2. The lowest BCUT2D eigenvalue weighted by Crippen LogP contribution is -2.15. The molecule has 0 aromatic rings. The Bertz CT molecular complexity index is 148. The van der Waals surface area contributed by atoms with Crippen LogP contribution in [-0.4, -0.2) is 19.0 Å². The highest BCUT2D eigenvalue weighted by Gasteiger charge is 2.21. The van der Waals surface area contributed by atoms with E-state index >= 15 is 0 Å². The van der Waals surface area contributed by atoms with Crippen LogP contribution < -0.4 is 0 Å². The first-order valence-electron chi connectivity index (χ1n) is 4.84. The smallest absolute Gasteiger partial charge is 0.136 e. The number of ketones is 1. The lowest BCUT2D eigenvalue weighted by Gasteiger charge is -2.10. The molecule has 70 valence electrons. The predicted molar refractivity (Wildman–Crippen MR) is 48.0 cm³/mol. The van der Waals surface area contributed by atoms with Crippen molar-refractivity contribution in [3.63, 3.8) is 0 Å². The lowest BCUT2D eigenvalue weighted by molar-refractivity contribution is -0.123. The number of Topliss-reactive ketones (excluding diaryl/α,β-unsaturated/α-hetero) is 1. The summed E-state index contributed by atoms with van der Waals surface area (Å²) in [7, 11) is 0. The van der Waals surface area contributed by atoms with Gasteiger partial charge in [0.25, 0.3) is 0 Å². The van der Waals surface area contributed by atoms with Gasteiger partial charge in [0, 0.05) is 25.6 Å². The number of ether oxygens (including phenoxy) is 1. The zero-order valence-corrected chi connectivity index (χ0v) is 8.01. The molecule has 0 saturated carbocycles. The van der Waals surface area contributed by atoms with Crippen molar-refractivity contribution in [3.8, 4) is 0 Å². The molecule has 0 amide bonds. The molecule has 2 atom stereocenters. The third-order valence-electron chi connectivity index (χ3n) is 2.68. The molecule has 12 heavy (non-hydrogen) atoms. The fraction of sp³-hybridized carbons (Fsp3) is 0.900. The molecule has 0 aliphatic carbocycles. The Kier molecular flexibility index (Phi) is 3.73. The highest BCUT2D eigenvalue weighted by molar-refractivity contribution is 5.80. The molecule has 2 heteroatoms. The van der Waals surface area contributed by atoms with E-state index in [-0.39, 0.29) is 5.92 Å². The van der Waals surface area contributed by atoms with E-state index in [0.29, 0.717) is 11.7 Å². The highest BCUT2D eigenvalue weighted by Crippen LogP contribution is 2.19. The third kappa shape index (κ3) is 2.59. The van der Waals surface area contributed by atoms with E-state index in [0.717, 1.165) is 32.5 Å². The van der Waals surface area contributed by atoms with Crippen LogP contribution in [0, 0.1) is 11.8 Å². The molecule has 1 rings (SSSR count). The van der Waals surface area contributed by atoms with E-state index in [9.17, 15) is 4.79 Å². The summed E-state index contributed by atoms with van der Waals surface area (Å²) in [5, 5.41) is 0. The van der Waals surface area contributed by atoms with Crippen LogP contribution in [0.15, 0.2) is 0 Å². The van der Waals surface area contributed by atoms with Crippen molar-refractivity contribution < 1.29 is 9.53 Å². The SMILES string of the molecule is CCC(C)C(=O)CC1CCOC1. The summed E-state index contributed by atoms with van der Waals surface area (Å²) in [6.07, 6.45) is 2.77. The van der Waals surface area contributed by atoms with Crippen LogP contribution in [0.1, 0.15) is 33.1 Å². The van der Waals surface area contributed by atoms with Gasteiger partial charge < -0.3 is 4.74 Å². The van der Waals surface area contributed by atoms with E-state index in [1.54, 1.807) is 0 Å². The molecule has 0 aromatic carbocycles. The summed E-state index contributed by atoms with van der Waals surface area (Å²) in [5.74, 6) is 1.16. The van der Waals surface area contributed by atoms with Crippen LogP contribution in [0.5, 0.6) is 0 Å². The second-order valence-electron chi connectivity index (χ2n) is 3.71. The molecule has 0 radical (unpaired) electrons. The molecule has 2 nitrogen and oxygen atoms in total. The van der Waals surface area contributed by atoms with Crippen LogP contribution >= 0.6 is 0 Å². The fourth-order valence-corrected chi connectivity index (χ4v) is 1.46. The second-order valence-corrected chi connectivity index (χ2v) is 3.71. The van der Waals surface area contributed by atoms with Crippen LogP contribution in [-0.2, 0) is 9.53 Å². The molecule has 0 spiro atoms. The summed E-state index contributed by atoms with van der Waals surface area (Å²) in [6.45, 7) is 5.71. The molecular formula is C10H18O2. The molecule has 2 unspecified atom stereocenters. The second kappa shape index (κ2) is 4.61. The van der Waals surface area contributed by atoms with Crippen molar-refractivity contribution in [2.45, 2.75) is 33.1 Å². The first-order chi connectivity index (χ1) is 5.74. The Balaban J connectivity index is 2.25. The van der Waals surface area contributed by atoms with Gasteiger partial charge in [-0.15, -0.1) is 0 Å². The maximum atomic E-state index is 11.5. The molecule has 1 heterocycles. The van der Waals surface area contributed by atoms with Gasteiger partial charge in [-0.2, -0.15) is 0 Å². The van der Waals surface area contributed by atoms with E-state index in [2.05, 4.69) is 6.92 Å². The highest BCUT2D eigenvalue weighted by atomic mass is 16.5. The van der Waals surface area contributed by atoms with Gasteiger partial charge >= 0.3 is 0 Å². The van der Waals surface area contributed by atoms with Gasteiger partial charge in [-0.1, -0.05) is 13.8 Å². The Morgan fingerprint density at radius 3 is 2.92 bits per heavy atom. The summed E-state index contributed by atoms with van der Waals surface area (Å²) < 4.78 is 5.22. The maximum Gasteiger partial charge on any atom is 0.136 e. The minimum Gasteiger partial charge on any atom is -0.381 e. The summed E-state index contributed by atoms with van der Waals surface area (Å²) in [4.78, 5) is 11.5. The van der Waals surface area contributed by atoms with Crippen molar-refractivity contribution in [1.82, 2.24) is 0 Å². The molecule has 1 fully saturated rings. The zero-order valence-electron chi connectivity index (χ0n) is 8.01. The van der Waals surface area contributed by atoms with Crippen LogP contribution in [0.3, 0.4) is 0 Å². The minimum absolute atomic E-state index is 0.241. The molecule has 1 aliphatic heterocycles. The topological polar surface area (TPSA) is 26.3 Å². The Hall–Kier alpha value is -0.370. The minimum atomic E-state index is 0.241. The Morgan fingerprint density at radius 1 is 1.67 bits per heavy atom. The molecule has 0 bridgehead atoms. The summed E-state index contributed by atoms with van der Waals surface area (Å²) in [6, 6.07) is 0. The van der Waals surface area contributed by atoms with Gasteiger partial charge in [0.1, 0.15) is 5.78 Å². The number of carbonyl (C=O) groups excluding carboxylic acids is 1. The van der Waals surface area contributed by atoms with E-state index in [4.69, 9.17) is 4.74 Å². The van der Waals surface area contributed by atoms with Crippen molar-refractivity contribution >= 4 is 5.78 Å². The van der Waals surface area contributed by atoms with Crippen molar-refractivity contribution in [2.75, 3.05) is 13.2 Å². The quantitative estimate of drug-likeness (QED) is 0.645. The van der Waals surface area contributed by atoms with Gasteiger partial charge in [-0.25, -0.2) is 0 Å². The molecule has 1 saturated heterocycles. The molecule has 0 N–H and O–H groups in total. The van der Waals surface area contributed by atoms with Gasteiger partial charge in [0.15, 0.2) is 0 Å². The number of hydrogen-bond donors (Lipinski definition) is 0. The maximum absolute atomic E-state index is 11.5. The van der Waals surface area contributed by atoms with Crippen LogP contribution in [0.2, 0.25) is 0 Å². The number of rotatable bonds is 4. The Labute approximate surface area is 74.3 Å². The van der Waals surface area contributed by atoms with E-state index in [1.807, 2.05) is 6.92 Å². The van der Waals surface area contributed by atoms with E-state index in [1.165, 1.54) is 0 Å². The predicted octanol–water partition coefficient (Wildman–Crippen LogP) is 2.03. The van der Waals surface area contributed by atoms with E-state index < -0.39 is 0 Å². The van der Waals surface area contributed by atoms with Crippen molar-refractivity contribution in [3.05, 3.63) is 0 Å². The summed E-state index contributed by atoms with van der Waals surface area (Å²) >= 11 is 0. The lowest BCUT2D eigenvalue weighted by atomic mass is 9.93. The normalized spacial score (nSPS) is 25.7. The molecule has 1 aliphatic rings. The third-order valence-corrected chi connectivity index (χ3v) is 2.68. The first-order valence-corrected chi connectivity index (χ1v) is 4.84. The van der Waals surface area contributed by atoms with Crippen LogP contribution in [0.4, 0.5) is 0 Å². The Morgan fingerprint density at radius 2 is 2.42 bits per heavy atom. The van der Waals surface area contributed by atoms with Gasteiger partial charge in [-0.05, 0) is 18.8 Å². The van der Waals surface area contributed by atoms with Crippen molar-refractivity contribution in [2.24, 2.45) is 11.8 Å². The number of carbonyl (C=O) groups is 1. The standard InChI is InChI=1S/C10H18O2/c1-3-8(2)10(11)6-9-4-5-12-7-9/h8-9H,3-7H2,1-2H3. The fourth-order valence-electron chi connectivity index (χ4n) is 1.46. The van der Waals surface area contributed by atoms with Gasteiger partial charge in [0.05, 0.1) is 0 Å². The van der Waals surface area contributed by atoms with Gasteiger partial charge in [-0.3, -0.25) is 4.79 Å². The van der Waals surface area contributed by atoms with Crippen LogP contribution in [0.25, 0.3) is 0 Å². The van der Waals surface area contributed by atoms with Crippen molar-refractivity contribution in [1.29, 1.82) is 0 Å².